The number of aromatic hydroxyl groups is 1. The quantitative estimate of drug-likeness (QED) is 0.779. The van der Waals surface area contributed by atoms with Crippen LogP contribution < -0.4 is 4.90 Å². The van der Waals surface area contributed by atoms with Gasteiger partial charge in [-0.15, -0.1) is 0 Å². The van der Waals surface area contributed by atoms with Gasteiger partial charge in [-0.1, -0.05) is 24.3 Å². The van der Waals surface area contributed by atoms with Crippen LogP contribution in [-0.2, 0) is 10.0 Å². The monoisotopic (exact) mass is 356 g/mol. The third kappa shape index (κ3) is 2.66. The van der Waals surface area contributed by atoms with Crippen LogP contribution in [0, 0.1) is 0 Å². The largest absolute Gasteiger partial charge is 0.507 e. The summed E-state index contributed by atoms with van der Waals surface area (Å²) in [7, 11) is -3.76. The van der Waals surface area contributed by atoms with E-state index >= 15 is 0 Å². The van der Waals surface area contributed by atoms with Gasteiger partial charge in [-0.05, 0) is 49.6 Å². The van der Waals surface area contributed by atoms with Gasteiger partial charge < -0.3 is 10.0 Å². The van der Waals surface area contributed by atoms with Gasteiger partial charge in [0, 0.05) is 18.5 Å². The van der Waals surface area contributed by atoms with Gasteiger partial charge >= 0.3 is 0 Å². The zero-order valence-electron chi connectivity index (χ0n) is 13.8. The van der Waals surface area contributed by atoms with E-state index in [4.69, 9.17) is 0 Å². The number of nitrogens with zero attached hydrogens (tertiary/aromatic N) is 2. The van der Waals surface area contributed by atoms with Crippen LogP contribution >= 0.6 is 0 Å². The van der Waals surface area contributed by atoms with Crippen LogP contribution in [0.15, 0.2) is 59.5 Å². The lowest BCUT2D eigenvalue weighted by atomic mass is 10.1. The molecular weight excluding hydrogens is 336 g/mol. The van der Waals surface area contributed by atoms with Gasteiger partial charge in [0.1, 0.15) is 11.6 Å². The molecule has 0 radical (unpaired) electrons. The highest BCUT2D eigenvalue weighted by atomic mass is 32.2. The number of anilines is 1. The SMILES string of the molecule is O=S(=O)(c1ccccc1)n1c(N2CCCCC2)cc2c(O)cccc21. The summed E-state index contributed by atoms with van der Waals surface area (Å²) >= 11 is 0. The van der Waals surface area contributed by atoms with Crippen LogP contribution in [0.25, 0.3) is 10.9 Å². The van der Waals surface area contributed by atoms with Crippen molar-refractivity contribution >= 4 is 26.7 Å². The highest BCUT2D eigenvalue weighted by Gasteiger charge is 2.27. The Kier molecular flexibility index (Phi) is 3.92. The number of hydrogen-bond acceptors (Lipinski definition) is 4. The van der Waals surface area contributed by atoms with Crippen molar-refractivity contribution in [2.75, 3.05) is 18.0 Å². The topological polar surface area (TPSA) is 62.5 Å². The predicted octanol–water partition coefficient (Wildman–Crippen LogP) is 3.57. The second-order valence-electron chi connectivity index (χ2n) is 6.34. The highest BCUT2D eigenvalue weighted by molar-refractivity contribution is 7.90. The van der Waals surface area contributed by atoms with E-state index in [1.165, 1.54) is 3.97 Å². The number of hydrogen-bond donors (Lipinski definition) is 1. The van der Waals surface area contributed by atoms with E-state index in [0.29, 0.717) is 16.7 Å². The number of benzene rings is 2. The van der Waals surface area contributed by atoms with Gasteiger partial charge in [-0.3, -0.25) is 0 Å². The van der Waals surface area contributed by atoms with E-state index < -0.39 is 10.0 Å². The summed E-state index contributed by atoms with van der Waals surface area (Å²) in [6, 6.07) is 15.2. The standard InChI is InChI=1S/C19H20N2O3S/c22-18-11-7-10-17-16(18)14-19(20-12-5-2-6-13-20)21(17)25(23,24)15-8-3-1-4-9-15/h1,3-4,7-11,14,22H,2,5-6,12-13H2. The lowest BCUT2D eigenvalue weighted by Gasteiger charge is -2.29. The van der Waals surface area contributed by atoms with Crippen molar-refractivity contribution in [3.63, 3.8) is 0 Å². The first kappa shape index (κ1) is 16.0. The number of piperidine rings is 1. The molecule has 1 saturated heterocycles. The molecule has 1 aliphatic rings. The van der Waals surface area contributed by atoms with Gasteiger partial charge in [0.05, 0.1) is 10.4 Å². The molecule has 0 amide bonds. The Hall–Kier alpha value is -2.47. The minimum atomic E-state index is -3.76. The molecule has 2 heterocycles. The molecule has 1 N–H and O–H groups in total. The Morgan fingerprint density at radius 1 is 0.880 bits per heavy atom. The zero-order valence-corrected chi connectivity index (χ0v) is 14.6. The van der Waals surface area contributed by atoms with E-state index in [1.807, 2.05) is 0 Å². The summed E-state index contributed by atoms with van der Waals surface area (Å²) in [6.45, 7) is 1.64. The minimum Gasteiger partial charge on any atom is -0.507 e. The maximum Gasteiger partial charge on any atom is 0.269 e. The molecule has 1 aliphatic heterocycles. The number of fused-ring (bicyclic) bond motifs is 1. The summed E-state index contributed by atoms with van der Waals surface area (Å²) in [6.07, 6.45) is 3.24. The van der Waals surface area contributed by atoms with Crippen molar-refractivity contribution in [2.24, 2.45) is 0 Å². The molecule has 5 nitrogen and oxygen atoms in total. The fourth-order valence-corrected chi connectivity index (χ4v) is 5.01. The molecule has 6 heteroatoms. The maximum atomic E-state index is 13.3. The van der Waals surface area contributed by atoms with Crippen molar-refractivity contribution in [2.45, 2.75) is 24.2 Å². The van der Waals surface area contributed by atoms with Crippen LogP contribution in [0.1, 0.15) is 19.3 Å². The minimum absolute atomic E-state index is 0.0952. The van der Waals surface area contributed by atoms with Gasteiger partial charge in [0.15, 0.2) is 0 Å². The Bertz CT molecular complexity index is 1000. The van der Waals surface area contributed by atoms with E-state index in [0.717, 1.165) is 32.4 Å². The Labute approximate surface area is 147 Å². The van der Waals surface area contributed by atoms with Crippen LogP contribution in [0.3, 0.4) is 0 Å². The second-order valence-corrected chi connectivity index (χ2v) is 8.13. The fourth-order valence-electron chi connectivity index (χ4n) is 3.47. The number of rotatable bonds is 3. The lowest BCUT2D eigenvalue weighted by Crippen LogP contribution is -2.32. The van der Waals surface area contributed by atoms with Gasteiger partial charge in [0.2, 0.25) is 0 Å². The Morgan fingerprint density at radius 2 is 1.60 bits per heavy atom. The van der Waals surface area contributed by atoms with Crippen LogP contribution in [0.4, 0.5) is 5.82 Å². The summed E-state index contributed by atoms with van der Waals surface area (Å²) in [5.41, 5.74) is 0.504. The van der Waals surface area contributed by atoms with Crippen LogP contribution in [-0.4, -0.2) is 30.6 Å². The average molecular weight is 356 g/mol. The zero-order chi connectivity index (χ0) is 17.4. The van der Waals surface area contributed by atoms with Gasteiger partial charge in [0.25, 0.3) is 10.0 Å². The molecular formula is C19H20N2O3S. The first-order valence-corrected chi connectivity index (χ1v) is 9.92. The smallest absolute Gasteiger partial charge is 0.269 e. The molecule has 0 atom stereocenters. The van der Waals surface area contributed by atoms with E-state index in [9.17, 15) is 13.5 Å². The summed E-state index contributed by atoms with van der Waals surface area (Å²) in [5, 5.41) is 10.8. The van der Waals surface area contributed by atoms with Crippen molar-refractivity contribution in [1.29, 1.82) is 0 Å². The average Bonchev–Trinajstić information content (AvgIpc) is 3.05. The normalized spacial score (nSPS) is 15.6. The molecule has 0 saturated carbocycles. The molecule has 25 heavy (non-hydrogen) atoms. The fraction of sp³-hybridized carbons (Fsp3) is 0.263. The third-order valence-corrected chi connectivity index (χ3v) is 6.45. The van der Waals surface area contributed by atoms with E-state index in [2.05, 4.69) is 4.90 Å². The van der Waals surface area contributed by atoms with Crippen molar-refractivity contribution < 1.29 is 13.5 Å². The third-order valence-electron chi connectivity index (χ3n) is 4.72. The molecule has 0 unspecified atom stereocenters. The van der Waals surface area contributed by atoms with Crippen molar-refractivity contribution in [3.05, 3.63) is 54.6 Å². The Morgan fingerprint density at radius 3 is 2.32 bits per heavy atom. The molecule has 0 spiro atoms. The number of phenolic OH excluding ortho intramolecular Hbond substituents is 1. The molecule has 0 aliphatic carbocycles. The molecule has 2 aromatic carbocycles. The molecule has 0 bridgehead atoms. The van der Waals surface area contributed by atoms with Crippen LogP contribution in [0.2, 0.25) is 0 Å². The van der Waals surface area contributed by atoms with E-state index in [1.54, 1.807) is 54.6 Å². The molecule has 3 aromatic rings. The number of phenols is 1. The van der Waals surface area contributed by atoms with Crippen LogP contribution in [0.5, 0.6) is 5.75 Å². The first-order chi connectivity index (χ1) is 12.1. The highest BCUT2D eigenvalue weighted by Crippen LogP contribution is 2.36. The molecule has 4 rings (SSSR count). The summed E-state index contributed by atoms with van der Waals surface area (Å²) in [5.74, 6) is 0.720. The number of aromatic nitrogens is 1. The van der Waals surface area contributed by atoms with Gasteiger partial charge in [-0.2, -0.15) is 0 Å². The Balaban J connectivity index is 1.99. The van der Waals surface area contributed by atoms with E-state index in [-0.39, 0.29) is 10.6 Å². The van der Waals surface area contributed by atoms with Crippen molar-refractivity contribution in [1.82, 2.24) is 3.97 Å². The molecule has 1 aromatic heterocycles. The molecule has 1 fully saturated rings. The lowest BCUT2D eigenvalue weighted by molar-refractivity contribution is 0.481. The maximum absolute atomic E-state index is 13.3. The summed E-state index contributed by atoms with van der Waals surface area (Å²) in [4.78, 5) is 2.35. The second kappa shape index (κ2) is 6.11. The molecule has 130 valence electrons. The predicted molar refractivity (Wildman–Crippen MR) is 98.7 cm³/mol. The first-order valence-electron chi connectivity index (χ1n) is 8.48. The van der Waals surface area contributed by atoms with Gasteiger partial charge in [-0.25, -0.2) is 12.4 Å². The van der Waals surface area contributed by atoms with Crippen molar-refractivity contribution in [3.8, 4) is 5.75 Å². The summed E-state index contributed by atoms with van der Waals surface area (Å²) < 4.78 is 28.1.